The molecule has 8 heteroatoms. The zero-order valence-electron chi connectivity index (χ0n) is 14.1. The fourth-order valence-corrected chi connectivity index (χ4v) is 5.05. The van der Waals surface area contributed by atoms with Crippen LogP contribution < -0.4 is 10.6 Å². The Labute approximate surface area is 147 Å². The predicted octanol–water partition coefficient (Wildman–Crippen LogP) is 1.09. The van der Waals surface area contributed by atoms with Gasteiger partial charge in [-0.3, -0.25) is 4.79 Å². The Morgan fingerprint density at radius 2 is 2.16 bits per heavy atom. The molecular formula is C17H24FN3O3S. The number of amides is 1. The molecule has 1 aromatic rings. The summed E-state index contributed by atoms with van der Waals surface area (Å²) >= 11 is 0. The summed E-state index contributed by atoms with van der Waals surface area (Å²) in [6.45, 7) is 2.10. The van der Waals surface area contributed by atoms with Gasteiger partial charge in [-0.2, -0.15) is 4.31 Å². The van der Waals surface area contributed by atoms with Crippen molar-refractivity contribution in [1.29, 1.82) is 0 Å². The highest BCUT2D eigenvalue weighted by molar-refractivity contribution is 7.89. The lowest BCUT2D eigenvalue weighted by Gasteiger charge is -2.32. The zero-order valence-corrected chi connectivity index (χ0v) is 14.9. The molecule has 0 saturated carbocycles. The van der Waals surface area contributed by atoms with Gasteiger partial charge in [0.15, 0.2) is 0 Å². The molecule has 0 bridgehead atoms. The van der Waals surface area contributed by atoms with Crippen molar-refractivity contribution in [3.05, 3.63) is 30.1 Å². The van der Waals surface area contributed by atoms with Crippen molar-refractivity contribution in [3.63, 3.8) is 0 Å². The summed E-state index contributed by atoms with van der Waals surface area (Å²) in [5, 5.41) is 6.08. The van der Waals surface area contributed by atoms with Crippen LogP contribution in [-0.2, 0) is 14.8 Å². The van der Waals surface area contributed by atoms with Gasteiger partial charge in [0.1, 0.15) is 5.82 Å². The van der Waals surface area contributed by atoms with Crippen LogP contribution in [0.15, 0.2) is 29.2 Å². The molecule has 1 amide bonds. The van der Waals surface area contributed by atoms with E-state index < -0.39 is 15.8 Å². The van der Waals surface area contributed by atoms with E-state index in [-0.39, 0.29) is 22.8 Å². The summed E-state index contributed by atoms with van der Waals surface area (Å²) in [5.74, 6) is -0.504. The molecule has 0 aromatic heterocycles. The Bertz CT molecular complexity index is 720. The maximum absolute atomic E-state index is 13.4. The summed E-state index contributed by atoms with van der Waals surface area (Å²) in [6, 6.07) is 4.96. The number of carbonyl (C=O) groups is 1. The number of hydrogen-bond acceptors (Lipinski definition) is 4. The normalized spacial score (nSPS) is 25.0. The lowest BCUT2D eigenvalue weighted by atomic mass is 9.99. The van der Waals surface area contributed by atoms with Crippen molar-refractivity contribution in [2.45, 2.75) is 36.6 Å². The lowest BCUT2D eigenvalue weighted by Crippen LogP contribution is -2.46. The van der Waals surface area contributed by atoms with Crippen molar-refractivity contribution >= 4 is 15.9 Å². The molecule has 2 unspecified atom stereocenters. The molecule has 138 valence electrons. The van der Waals surface area contributed by atoms with Crippen molar-refractivity contribution in [3.8, 4) is 0 Å². The van der Waals surface area contributed by atoms with E-state index in [9.17, 15) is 17.6 Å². The first kappa shape index (κ1) is 18.3. The smallest absolute Gasteiger partial charge is 0.243 e. The molecule has 3 rings (SSSR count). The first-order valence-electron chi connectivity index (χ1n) is 8.73. The molecule has 2 saturated heterocycles. The van der Waals surface area contributed by atoms with E-state index in [4.69, 9.17) is 0 Å². The molecule has 1 aromatic carbocycles. The molecule has 2 fully saturated rings. The van der Waals surface area contributed by atoms with Gasteiger partial charge in [-0.25, -0.2) is 12.8 Å². The van der Waals surface area contributed by atoms with E-state index in [1.165, 1.54) is 22.5 Å². The highest BCUT2D eigenvalue weighted by Gasteiger charge is 2.31. The third-order valence-corrected chi connectivity index (χ3v) is 6.72. The van der Waals surface area contributed by atoms with E-state index in [1.807, 2.05) is 0 Å². The Hall–Kier alpha value is -1.51. The highest BCUT2D eigenvalue weighted by atomic mass is 32.2. The number of rotatable bonds is 5. The minimum absolute atomic E-state index is 0.0115. The maximum Gasteiger partial charge on any atom is 0.243 e. The molecule has 2 aliphatic heterocycles. The minimum Gasteiger partial charge on any atom is -0.354 e. The van der Waals surface area contributed by atoms with Gasteiger partial charge >= 0.3 is 0 Å². The highest BCUT2D eigenvalue weighted by Crippen LogP contribution is 2.24. The van der Waals surface area contributed by atoms with Gasteiger partial charge in [0.2, 0.25) is 15.9 Å². The molecule has 0 radical (unpaired) electrons. The van der Waals surface area contributed by atoms with Crippen LogP contribution in [0.25, 0.3) is 0 Å². The van der Waals surface area contributed by atoms with Crippen LogP contribution in [0.3, 0.4) is 0 Å². The Morgan fingerprint density at radius 3 is 2.88 bits per heavy atom. The monoisotopic (exact) mass is 369 g/mol. The largest absolute Gasteiger partial charge is 0.354 e. The van der Waals surface area contributed by atoms with E-state index in [0.29, 0.717) is 19.6 Å². The minimum atomic E-state index is -3.70. The molecule has 2 N–H and O–H groups in total. The Morgan fingerprint density at radius 1 is 1.32 bits per heavy atom. The summed E-state index contributed by atoms with van der Waals surface area (Å²) in [4.78, 5) is 12.1. The van der Waals surface area contributed by atoms with Gasteiger partial charge in [-0.05, 0) is 56.3 Å². The van der Waals surface area contributed by atoms with Gasteiger partial charge in [0.25, 0.3) is 0 Å². The number of sulfonamides is 1. The van der Waals surface area contributed by atoms with Crippen molar-refractivity contribution in [2.24, 2.45) is 5.92 Å². The first-order chi connectivity index (χ1) is 12.0. The van der Waals surface area contributed by atoms with E-state index in [1.54, 1.807) is 0 Å². The predicted molar refractivity (Wildman–Crippen MR) is 91.9 cm³/mol. The average molecular weight is 369 g/mol. The second-order valence-corrected chi connectivity index (χ2v) is 8.66. The van der Waals surface area contributed by atoms with E-state index >= 15 is 0 Å². The molecule has 0 aliphatic carbocycles. The van der Waals surface area contributed by atoms with Crippen LogP contribution in [0.5, 0.6) is 0 Å². The van der Waals surface area contributed by atoms with Crippen molar-refractivity contribution in [1.82, 2.24) is 14.9 Å². The van der Waals surface area contributed by atoms with Gasteiger partial charge in [0.05, 0.1) is 10.9 Å². The van der Waals surface area contributed by atoms with E-state index in [2.05, 4.69) is 10.6 Å². The molecule has 2 atom stereocenters. The summed E-state index contributed by atoms with van der Waals surface area (Å²) in [7, 11) is -3.70. The molecule has 2 aliphatic rings. The fourth-order valence-electron chi connectivity index (χ4n) is 3.46. The molecule has 25 heavy (non-hydrogen) atoms. The number of carbonyl (C=O) groups excluding carboxylic acids is 1. The van der Waals surface area contributed by atoms with Crippen LogP contribution in [0.4, 0.5) is 4.39 Å². The number of piperidine rings is 1. The molecule has 0 spiro atoms. The average Bonchev–Trinajstić information content (AvgIpc) is 3.15. The van der Waals surface area contributed by atoms with Gasteiger partial charge in [-0.1, -0.05) is 6.07 Å². The maximum atomic E-state index is 13.4. The number of nitrogens with one attached hydrogen (secondary N) is 2. The van der Waals surface area contributed by atoms with Crippen LogP contribution in [-0.4, -0.2) is 50.9 Å². The fraction of sp³-hybridized carbons (Fsp3) is 0.588. The number of hydrogen-bond donors (Lipinski definition) is 2. The summed E-state index contributed by atoms with van der Waals surface area (Å²) in [6.07, 6.45) is 3.45. The van der Waals surface area contributed by atoms with Gasteiger partial charge in [0, 0.05) is 19.6 Å². The van der Waals surface area contributed by atoms with Crippen molar-refractivity contribution in [2.75, 3.05) is 26.2 Å². The van der Waals surface area contributed by atoms with Crippen LogP contribution in [0.1, 0.15) is 25.7 Å². The van der Waals surface area contributed by atoms with Gasteiger partial charge in [-0.15, -0.1) is 0 Å². The zero-order chi connectivity index (χ0) is 17.9. The third-order valence-electron chi connectivity index (χ3n) is 4.86. The third kappa shape index (κ3) is 4.37. The van der Waals surface area contributed by atoms with Crippen molar-refractivity contribution < 1.29 is 17.6 Å². The number of halogens is 1. The Kier molecular flexibility index (Phi) is 5.71. The lowest BCUT2D eigenvalue weighted by molar-refractivity contribution is -0.123. The topological polar surface area (TPSA) is 78.5 Å². The molecule has 2 heterocycles. The standard InChI is InChI=1S/C17H24FN3O3S/c18-14-5-1-6-15(10-14)25(23,24)21-9-3-4-13(12-21)11-20-17(22)16-7-2-8-19-16/h1,5-6,10,13,16,19H,2-4,7-9,11-12H2,(H,20,22). The summed E-state index contributed by atoms with van der Waals surface area (Å²) in [5.41, 5.74) is 0. The molecular weight excluding hydrogens is 345 g/mol. The van der Waals surface area contributed by atoms with Crippen LogP contribution in [0, 0.1) is 11.7 Å². The summed E-state index contributed by atoms with van der Waals surface area (Å²) < 4.78 is 40.1. The van der Waals surface area contributed by atoms with E-state index in [0.717, 1.165) is 38.3 Å². The quantitative estimate of drug-likeness (QED) is 0.815. The van der Waals surface area contributed by atoms with Crippen LogP contribution >= 0.6 is 0 Å². The SMILES string of the molecule is O=C(NCC1CCCN(S(=O)(=O)c2cccc(F)c2)C1)C1CCCN1. The van der Waals surface area contributed by atoms with Gasteiger partial charge < -0.3 is 10.6 Å². The number of nitrogens with zero attached hydrogens (tertiary/aromatic N) is 1. The first-order valence-corrected chi connectivity index (χ1v) is 10.2. The molecule has 6 nitrogen and oxygen atoms in total. The second kappa shape index (κ2) is 7.80. The number of benzene rings is 1. The second-order valence-electron chi connectivity index (χ2n) is 6.72. The Balaban J connectivity index is 1.59. The van der Waals surface area contributed by atoms with Crippen LogP contribution in [0.2, 0.25) is 0 Å².